The molecule has 0 N–H and O–H groups in total. The van der Waals surface area contributed by atoms with Gasteiger partial charge in [0.2, 0.25) is 5.91 Å². The average Bonchev–Trinajstić information content (AvgIpc) is 3.37. The number of hydrogen-bond donors (Lipinski definition) is 0. The summed E-state index contributed by atoms with van der Waals surface area (Å²) in [6, 6.07) is 16.7. The van der Waals surface area contributed by atoms with Gasteiger partial charge in [-0.1, -0.05) is 48.5 Å². The maximum Gasteiger partial charge on any atom is 0.410 e. The largest absolute Gasteiger partial charge is 0.491 e. The Labute approximate surface area is 185 Å². The van der Waals surface area contributed by atoms with Crippen molar-refractivity contribution in [3.8, 4) is 5.75 Å². The summed E-state index contributed by atoms with van der Waals surface area (Å²) in [5.74, 6) is 0.305. The Bertz CT molecular complexity index is 967. The number of rotatable bonds is 6. The zero-order chi connectivity index (χ0) is 21.8. The molecule has 2 fully saturated rings. The molecular weight excluding hydrogens is 416 g/mol. The van der Waals surface area contributed by atoms with E-state index in [2.05, 4.69) is 0 Å². The molecule has 4 rings (SSSR count). The van der Waals surface area contributed by atoms with Crippen LogP contribution in [-0.4, -0.2) is 53.3 Å². The molecule has 8 heteroatoms. The van der Waals surface area contributed by atoms with Crippen LogP contribution in [0.25, 0.3) is 0 Å². The third kappa shape index (κ3) is 4.69. The molecule has 0 bridgehead atoms. The first kappa shape index (κ1) is 21.2. The number of ether oxygens (including phenoxy) is 2. The summed E-state index contributed by atoms with van der Waals surface area (Å²) < 4.78 is 11.5. The standard InChI is InChI=1S/C23H24N2O5S/c1-24-21(26)20(31-23(24)28)18-11-5-6-12-19(18)29-15-17-10-7-13-25(17)22(27)30-14-16-8-3-2-4-9-16/h2-6,8-9,11-12,17,20H,7,10,13-15H2,1H3/t17-,20?/m1/s1. The molecule has 7 nitrogen and oxygen atoms in total. The third-order valence-electron chi connectivity index (χ3n) is 5.50. The molecule has 0 radical (unpaired) electrons. The van der Waals surface area contributed by atoms with E-state index < -0.39 is 5.25 Å². The molecule has 2 saturated heterocycles. The number of likely N-dealkylation sites (N-methyl/N-ethyl adjacent to an activating group) is 1. The second-order valence-corrected chi connectivity index (χ2v) is 8.60. The molecule has 2 atom stereocenters. The molecule has 0 aromatic heterocycles. The minimum atomic E-state index is -0.607. The van der Waals surface area contributed by atoms with Gasteiger partial charge in [-0.25, -0.2) is 4.79 Å². The second kappa shape index (κ2) is 9.43. The quantitative estimate of drug-likeness (QED) is 0.669. The molecular formula is C23H24N2O5S. The fraction of sp³-hybridized carbons (Fsp3) is 0.348. The first-order valence-corrected chi connectivity index (χ1v) is 11.1. The van der Waals surface area contributed by atoms with Crippen LogP contribution in [0.15, 0.2) is 54.6 Å². The van der Waals surface area contributed by atoms with Gasteiger partial charge in [-0.15, -0.1) is 0 Å². The zero-order valence-electron chi connectivity index (χ0n) is 17.2. The summed E-state index contributed by atoms with van der Waals surface area (Å²) in [4.78, 5) is 39.7. The summed E-state index contributed by atoms with van der Waals surface area (Å²) >= 11 is 0.990. The molecule has 2 aromatic rings. The van der Waals surface area contributed by atoms with E-state index in [0.29, 0.717) is 24.5 Å². The number of benzene rings is 2. The van der Waals surface area contributed by atoms with E-state index >= 15 is 0 Å². The van der Waals surface area contributed by atoms with Crippen molar-refractivity contribution in [2.45, 2.75) is 30.7 Å². The van der Waals surface area contributed by atoms with Gasteiger partial charge in [-0.3, -0.25) is 14.5 Å². The van der Waals surface area contributed by atoms with Gasteiger partial charge in [-0.05, 0) is 36.2 Å². The van der Waals surface area contributed by atoms with Crippen molar-refractivity contribution in [3.05, 3.63) is 65.7 Å². The molecule has 2 heterocycles. The second-order valence-electron chi connectivity index (χ2n) is 7.54. The Morgan fingerprint density at radius 2 is 1.84 bits per heavy atom. The number of imide groups is 1. The topological polar surface area (TPSA) is 76.2 Å². The van der Waals surface area contributed by atoms with E-state index in [1.165, 1.54) is 7.05 Å². The van der Waals surface area contributed by atoms with Crippen LogP contribution >= 0.6 is 11.8 Å². The van der Waals surface area contributed by atoms with E-state index in [9.17, 15) is 14.4 Å². The molecule has 2 aliphatic rings. The Hall–Kier alpha value is -3.00. The smallest absolute Gasteiger partial charge is 0.410 e. The van der Waals surface area contributed by atoms with Gasteiger partial charge in [0.05, 0.1) is 6.04 Å². The lowest BCUT2D eigenvalue weighted by Crippen LogP contribution is -2.39. The molecule has 0 aliphatic carbocycles. The van der Waals surface area contributed by atoms with E-state index in [0.717, 1.165) is 35.1 Å². The van der Waals surface area contributed by atoms with Gasteiger partial charge in [0.15, 0.2) is 0 Å². The monoisotopic (exact) mass is 440 g/mol. The number of para-hydroxylation sites is 1. The zero-order valence-corrected chi connectivity index (χ0v) is 18.0. The summed E-state index contributed by atoms with van der Waals surface area (Å²) in [5, 5.41) is -0.878. The Morgan fingerprint density at radius 1 is 1.10 bits per heavy atom. The van der Waals surface area contributed by atoms with Crippen LogP contribution in [0.4, 0.5) is 9.59 Å². The number of nitrogens with zero attached hydrogens (tertiary/aromatic N) is 2. The van der Waals surface area contributed by atoms with Crippen molar-refractivity contribution in [3.63, 3.8) is 0 Å². The lowest BCUT2D eigenvalue weighted by Gasteiger charge is -2.25. The van der Waals surface area contributed by atoms with E-state index in [1.54, 1.807) is 17.0 Å². The first-order chi connectivity index (χ1) is 15.0. The minimum absolute atomic E-state index is 0.104. The van der Waals surface area contributed by atoms with Crippen LogP contribution in [0.3, 0.4) is 0 Å². The van der Waals surface area contributed by atoms with Crippen LogP contribution in [0.2, 0.25) is 0 Å². The normalized spacial score (nSPS) is 20.9. The summed E-state index contributed by atoms with van der Waals surface area (Å²) in [6.45, 7) is 1.15. The SMILES string of the molecule is CN1C(=O)SC(c2ccccc2OC[C@H]2CCCN2C(=O)OCc2ccccc2)C1=O. The molecule has 31 heavy (non-hydrogen) atoms. The Balaban J connectivity index is 1.38. The van der Waals surface area contributed by atoms with Crippen molar-refractivity contribution >= 4 is 29.0 Å². The van der Waals surface area contributed by atoms with Gasteiger partial charge in [-0.2, -0.15) is 0 Å². The predicted octanol–water partition coefficient (Wildman–Crippen LogP) is 4.23. The minimum Gasteiger partial charge on any atom is -0.491 e. The van der Waals surface area contributed by atoms with Crippen LogP contribution in [0.1, 0.15) is 29.2 Å². The van der Waals surface area contributed by atoms with Crippen LogP contribution in [0.5, 0.6) is 5.75 Å². The molecule has 0 spiro atoms. The van der Waals surface area contributed by atoms with Crippen molar-refractivity contribution in [1.82, 2.24) is 9.80 Å². The highest BCUT2D eigenvalue weighted by atomic mass is 32.2. The van der Waals surface area contributed by atoms with Gasteiger partial charge < -0.3 is 14.4 Å². The maximum atomic E-state index is 12.6. The molecule has 2 aliphatic heterocycles. The maximum absolute atomic E-state index is 12.6. The van der Waals surface area contributed by atoms with Crippen molar-refractivity contribution in [2.75, 3.05) is 20.2 Å². The number of amides is 3. The third-order valence-corrected chi connectivity index (χ3v) is 6.66. The number of hydrogen-bond acceptors (Lipinski definition) is 6. The highest BCUT2D eigenvalue weighted by Gasteiger charge is 2.39. The van der Waals surface area contributed by atoms with Gasteiger partial charge in [0.25, 0.3) is 5.24 Å². The van der Waals surface area contributed by atoms with Gasteiger partial charge in [0.1, 0.15) is 24.2 Å². The Kier molecular flexibility index (Phi) is 6.46. The Morgan fingerprint density at radius 3 is 2.58 bits per heavy atom. The van der Waals surface area contributed by atoms with Crippen LogP contribution in [0, 0.1) is 0 Å². The van der Waals surface area contributed by atoms with E-state index in [4.69, 9.17) is 9.47 Å². The fourth-order valence-electron chi connectivity index (χ4n) is 3.76. The highest BCUT2D eigenvalue weighted by molar-refractivity contribution is 8.15. The predicted molar refractivity (Wildman–Crippen MR) is 117 cm³/mol. The highest BCUT2D eigenvalue weighted by Crippen LogP contribution is 2.42. The molecule has 162 valence electrons. The number of carbonyl (C=O) groups is 3. The van der Waals surface area contributed by atoms with Crippen LogP contribution in [-0.2, 0) is 16.1 Å². The van der Waals surface area contributed by atoms with Crippen molar-refractivity contribution < 1.29 is 23.9 Å². The lowest BCUT2D eigenvalue weighted by molar-refractivity contribution is -0.125. The van der Waals surface area contributed by atoms with E-state index in [1.807, 2.05) is 42.5 Å². The van der Waals surface area contributed by atoms with Crippen molar-refractivity contribution in [1.29, 1.82) is 0 Å². The van der Waals surface area contributed by atoms with Gasteiger partial charge in [0, 0.05) is 19.2 Å². The number of likely N-dealkylation sites (tertiary alicyclic amines) is 1. The van der Waals surface area contributed by atoms with Gasteiger partial charge >= 0.3 is 6.09 Å². The molecule has 3 amide bonds. The molecule has 1 unspecified atom stereocenters. The molecule has 2 aromatic carbocycles. The van der Waals surface area contributed by atoms with Crippen LogP contribution < -0.4 is 4.74 Å². The average molecular weight is 441 g/mol. The summed E-state index contributed by atoms with van der Waals surface area (Å²) in [5.41, 5.74) is 1.61. The number of carbonyl (C=O) groups excluding carboxylic acids is 3. The summed E-state index contributed by atoms with van der Waals surface area (Å²) in [7, 11) is 1.48. The summed E-state index contributed by atoms with van der Waals surface area (Å²) in [6.07, 6.45) is 1.35. The molecule has 0 saturated carbocycles. The lowest BCUT2D eigenvalue weighted by atomic mass is 10.1. The fourth-order valence-corrected chi connectivity index (χ4v) is 4.79. The van der Waals surface area contributed by atoms with Crippen molar-refractivity contribution in [2.24, 2.45) is 0 Å². The first-order valence-electron chi connectivity index (χ1n) is 10.2. The van der Waals surface area contributed by atoms with E-state index in [-0.39, 0.29) is 29.9 Å². The number of thioether (sulfide) groups is 1.